The summed E-state index contributed by atoms with van der Waals surface area (Å²) >= 11 is 1.43. The second-order valence-electron chi connectivity index (χ2n) is 4.35. The summed E-state index contributed by atoms with van der Waals surface area (Å²) in [5.41, 5.74) is 1.45. The van der Waals surface area contributed by atoms with Crippen LogP contribution in [0.1, 0.15) is 11.6 Å². The number of para-hydroxylation sites is 1. The second-order valence-corrected chi connectivity index (χ2v) is 5.38. The molecule has 0 aliphatic carbocycles. The van der Waals surface area contributed by atoms with Crippen LogP contribution >= 0.6 is 11.3 Å². The number of aromatic nitrogens is 3. The summed E-state index contributed by atoms with van der Waals surface area (Å²) in [5, 5.41) is 16.9. The molecule has 0 aliphatic heterocycles. The molecule has 6 nitrogen and oxygen atoms in total. The highest BCUT2D eigenvalue weighted by Gasteiger charge is 2.22. The molecule has 1 unspecified atom stereocenters. The van der Waals surface area contributed by atoms with Gasteiger partial charge in [0, 0.05) is 18.8 Å². The van der Waals surface area contributed by atoms with E-state index in [4.69, 9.17) is 0 Å². The van der Waals surface area contributed by atoms with E-state index in [0.29, 0.717) is 10.7 Å². The van der Waals surface area contributed by atoms with Crippen LogP contribution in [0.15, 0.2) is 36.7 Å². The normalized spacial score (nSPS) is 12.4. The first-order valence-electron chi connectivity index (χ1n) is 5.97. The van der Waals surface area contributed by atoms with Crippen LogP contribution in [0.3, 0.4) is 0 Å². The van der Waals surface area contributed by atoms with Crippen molar-refractivity contribution in [3.8, 4) is 0 Å². The van der Waals surface area contributed by atoms with Crippen LogP contribution < -0.4 is 5.32 Å². The molecule has 0 spiro atoms. The number of carbonyl (C=O) groups is 1. The van der Waals surface area contributed by atoms with Crippen molar-refractivity contribution in [3.05, 3.63) is 42.2 Å². The molecule has 3 rings (SSSR count). The smallest absolute Gasteiger partial charge is 0.331 e. The lowest BCUT2D eigenvalue weighted by Gasteiger charge is -2.11. The SMILES string of the molecule is Cn1cc(C(Nc2nc3ccccc3s2)C(=O)O)cn1. The number of benzene rings is 1. The third-order valence-electron chi connectivity index (χ3n) is 2.87. The zero-order valence-electron chi connectivity index (χ0n) is 10.6. The maximum absolute atomic E-state index is 11.4. The molecule has 1 atom stereocenters. The molecule has 1 aromatic carbocycles. The fraction of sp³-hybridized carbons (Fsp3) is 0.154. The molecule has 0 fully saturated rings. The first-order valence-corrected chi connectivity index (χ1v) is 6.78. The molecule has 2 heterocycles. The van der Waals surface area contributed by atoms with Crippen LogP contribution in [0.5, 0.6) is 0 Å². The summed E-state index contributed by atoms with van der Waals surface area (Å²) in [7, 11) is 1.75. The van der Waals surface area contributed by atoms with Gasteiger partial charge in [0.25, 0.3) is 0 Å². The number of thiazole rings is 1. The summed E-state index contributed by atoms with van der Waals surface area (Å²) in [6.07, 6.45) is 3.22. The van der Waals surface area contributed by atoms with E-state index in [-0.39, 0.29) is 0 Å². The number of rotatable bonds is 4. The van der Waals surface area contributed by atoms with Crippen LogP contribution in [0.2, 0.25) is 0 Å². The Morgan fingerprint density at radius 2 is 2.25 bits per heavy atom. The maximum Gasteiger partial charge on any atom is 0.331 e. The van der Waals surface area contributed by atoms with Gasteiger partial charge in [0.2, 0.25) is 0 Å². The monoisotopic (exact) mass is 288 g/mol. The van der Waals surface area contributed by atoms with Crippen molar-refractivity contribution in [2.45, 2.75) is 6.04 Å². The van der Waals surface area contributed by atoms with Crippen molar-refractivity contribution >= 4 is 32.7 Å². The van der Waals surface area contributed by atoms with Crippen molar-refractivity contribution in [1.29, 1.82) is 0 Å². The number of hydrogen-bond donors (Lipinski definition) is 2. The van der Waals surface area contributed by atoms with Crippen LogP contribution in [0.25, 0.3) is 10.2 Å². The Morgan fingerprint density at radius 3 is 2.90 bits per heavy atom. The predicted molar refractivity (Wildman–Crippen MR) is 76.8 cm³/mol. The van der Waals surface area contributed by atoms with Crippen LogP contribution in [-0.2, 0) is 11.8 Å². The Labute approximate surface area is 118 Å². The van der Waals surface area contributed by atoms with E-state index in [1.807, 2.05) is 24.3 Å². The number of aryl methyl sites for hydroxylation is 1. The van der Waals surface area contributed by atoms with Gasteiger partial charge in [-0.2, -0.15) is 5.10 Å². The molecule has 2 aromatic heterocycles. The average Bonchev–Trinajstić information content (AvgIpc) is 3.01. The second kappa shape index (κ2) is 4.93. The third-order valence-corrected chi connectivity index (χ3v) is 3.83. The number of hydrogen-bond acceptors (Lipinski definition) is 5. The Morgan fingerprint density at radius 1 is 1.45 bits per heavy atom. The summed E-state index contributed by atoms with van der Waals surface area (Å²) in [6.45, 7) is 0. The Kier molecular flexibility index (Phi) is 3.11. The standard InChI is InChI=1S/C13H12N4O2S/c1-17-7-8(6-14-17)11(12(18)19)16-13-15-9-4-2-3-5-10(9)20-13/h2-7,11H,1H3,(H,15,16)(H,18,19). The molecular formula is C13H12N4O2S. The number of nitrogens with one attached hydrogen (secondary N) is 1. The zero-order chi connectivity index (χ0) is 14.1. The fourth-order valence-electron chi connectivity index (χ4n) is 1.93. The van der Waals surface area contributed by atoms with Gasteiger partial charge < -0.3 is 10.4 Å². The molecule has 0 aliphatic rings. The van der Waals surface area contributed by atoms with Crippen molar-refractivity contribution in [2.75, 3.05) is 5.32 Å². The number of nitrogens with zero attached hydrogens (tertiary/aromatic N) is 3. The highest BCUT2D eigenvalue weighted by atomic mass is 32.1. The van der Waals surface area contributed by atoms with E-state index in [9.17, 15) is 9.90 Å². The first-order chi connectivity index (χ1) is 9.63. The summed E-state index contributed by atoms with van der Waals surface area (Å²) in [6, 6.07) is 6.83. The fourth-order valence-corrected chi connectivity index (χ4v) is 2.83. The van der Waals surface area contributed by atoms with E-state index in [1.54, 1.807) is 24.1 Å². The van der Waals surface area contributed by atoms with E-state index in [2.05, 4.69) is 15.4 Å². The molecule has 0 amide bonds. The third kappa shape index (κ3) is 2.35. The van der Waals surface area contributed by atoms with Gasteiger partial charge in [-0.3, -0.25) is 4.68 Å². The van der Waals surface area contributed by atoms with E-state index in [0.717, 1.165) is 10.2 Å². The Balaban J connectivity index is 1.91. The molecule has 0 radical (unpaired) electrons. The van der Waals surface area contributed by atoms with Gasteiger partial charge in [-0.05, 0) is 12.1 Å². The van der Waals surface area contributed by atoms with Gasteiger partial charge in [0.15, 0.2) is 11.2 Å². The molecule has 7 heteroatoms. The molecule has 20 heavy (non-hydrogen) atoms. The highest BCUT2D eigenvalue weighted by molar-refractivity contribution is 7.22. The summed E-state index contributed by atoms with van der Waals surface area (Å²) in [4.78, 5) is 15.8. The largest absolute Gasteiger partial charge is 0.479 e. The minimum atomic E-state index is -0.961. The zero-order valence-corrected chi connectivity index (χ0v) is 11.5. The van der Waals surface area contributed by atoms with Crippen molar-refractivity contribution < 1.29 is 9.90 Å². The lowest BCUT2D eigenvalue weighted by atomic mass is 10.2. The highest BCUT2D eigenvalue weighted by Crippen LogP contribution is 2.28. The Hall–Kier alpha value is -2.41. The summed E-state index contributed by atoms with van der Waals surface area (Å²) in [5.74, 6) is -0.961. The van der Waals surface area contributed by atoms with Crippen LogP contribution in [-0.4, -0.2) is 25.8 Å². The van der Waals surface area contributed by atoms with E-state index in [1.165, 1.54) is 11.3 Å². The molecular weight excluding hydrogens is 276 g/mol. The number of anilines is 1. The van der Waals surface area contributed by atoms with Crippen molar-refractivity contribution in [2.24, 2.45) is 7.05 Å². The number of carboxylic acid groups (broad SMARTS) is 1. The molecule has 3 aromatic rings. The first kappa shape index (κ1) is 12.6. The topological polar surface area (TPSA) is 80.0 Å². The van der Waals surface area contributed by atoms with Gasteiger partial charge >= 0.3 is 5.97 Å². The quantitative estimate of drug-likeness (QED) is 0.769. The van der Waals surface area contributed by atoms with Crippen LogP contribution in [0, 0.1) is 0 Å². The molecule has 0 saturated carbocycles. The maximum atomic E-state index is 11.4. The lowest BCUT2D eigenvalue weighted by molar-refractivity contribution is -0.138. The number of fused-ring (bicyclic) bond motifs is 1. The van der Waals surface area contributed by atoms with E-state index >= 15 is 0 Å². The minimum absolute atomic E-state index is 0.586. The van der Waals surface area contributed by atoms with E-state index < -0.39 is 12.0 Å². The average molecular weight is 288 g/mol. The predicted octanol–water partition coefficient (Wildman–Crippen LogP) is 2.27. The van der Waals surface area contributed by atoms with Gasteiger partial charge in [-0.1, -0.05) is 23.5 Å². The van der Waals surface area contributed by atoms with Gasteiger partial charge in [0.05, 0.1) is 16.4 Å². The van der Waals surface area contributed by atoms with Crippen molar-refractivity contribution in [1.82, 2.24) is 14.8 Å². The summed E-state index contributed by atoms with van der Waals surface area (Å²) < 4.78 is 2.59. The Bertz CT molecular complexity index is 731. The lowest BCUT2D eigenvalue weighted by Crippen LogP contribution is -2.19. The molecule has 0 saturated heterocycles. The molecule has 2 N–H and O–H groups in total. The molecule has 102 valence electrons. The van der Waals surface area contributed by atoms with Crippen molar-refractivity contribution in [3.63, 3.8) is 0 Å². The minimum Gasteiger partial charge on any atom is -0.479 e. The number of carboxylic acids is 1. The molecule has 0 bridgehead atoms. The van der Waals surface area contributed by atoms with Gasteiger partial charge in [-0.15, -0.1) is 0 Å². The van der Waals surface area contributed by atoms with Gasteiger partial charge in [-0.25, -0.2) is 9.78 Å². The van der Waals surface area contributed by atoms with Gasteiger partial charge in [0.1, 0.15) is 0 Å². The van der Waals surface area contributed by atoms with Crippen LogP contribution in [0.4, 0.5) is 5.13 Å². The number of aliphatic carboxylic acids is 1.